The van der Waals surface area contributed by atoms with Gasteiger partial charge in [0.05, 0.1) is 23.3 Å². The third-order valence-electron chi connectivity index (χ3n) is 5.38. The first kappa shape index (κ1) is 20.4. The molecule has 0 saturated heterocycles. The number of carbonyl (C=O) groups is 2. The van der Waals surface area contributed by atoms with E-state index < -0.39 is 10.9 Å². The molecule has 7 nitrogen and oxygen atoms in total. The topological polar surface area (TPSA) is 102 Å². The number of carboxylic acid groups (broad SMARTS) is 1. The van der Waals surface area contributed by atoms with E-state index in [4.69, 9.17) is 5.11 Å². The van der Waals surface area contributed by atoms with Crippen molar-refractivity contribution in [2.75, 3.05) is 6.54 Å². The summed E-state index contributed by atoms with van der Waals surface area (Å²) in [5, 5.41) is 20.0. The Hall–Kier alpha value is -3.32. The molecular weight excluding hydrogens is 372 g/mol. The molecule has 0 aromatic heterocycles. The van der Waals surface area contributed by atoms with Crippen molar-refractivity contribution in [1.82, 2.24) is 0 Å². The van der Waals surface area contributed by atoms with Crippen LogP contribution in [0.2, 0.25) is 0 Å². The minimum Gasteiger partial charge on any atom is -0.481 e. The summed E-state index contributed by atoms with van der Waals surface area (Å²) in [7, 11) is 0. The average molecular weight is 395 g/mol. The van der Waals surface area contributed by atoms with Gasteiger partial charge in [-0.15, -0.1) is 0 Å². The summed E-state index contributed by atoms with van der Waals surface area (Å²) in [5.41, 5.74) is 3.03. The lowest BCUT2D eigenvalue weighted by Crippen LogP contribution is -3.04. The first-order valence-electron chi connectivity index (χ1n) is 9.40. The molecule has 29 heavy (non-hydrogen) atoms. The van der Waals surface area contributed by atoms with Crippen molar-refractivity contribution >= 4 is 17.4 Å². The zero-order chi connectivity index (χ0) is 21.2. The van der Waals surface area contributed by atoms with Crippen molar-refractivity contribution in [2.24, 2.45) is 0 Å². The monoisotopic (exact) mass is 395 g/mol. The van der Waals surface area contributed by atoms with Gasteiger partial charge in [0.25, 0.3) is 5.70 Å². The number of para-hydroxylation sites is 1. The lowest BCUT2D eigenvalue weighted by molar-refractivity contribution is -0.789. The van der Waals surface area contributed by atoms with Crippen LogP contribution in [0.25, 0.3) is 0 Å². The normalized spacial score (nSPS) is 22.6. The van der Waals surface area contributed by atoms with Crippen LogP contribution in [0.4, 0.5) is 5.69 Å². The Morgan fingerprint density at radius 1 is 1.24 bits per heavy atom. The van der Waals surface area contributed by atoms with E-state index >= 15 is 0 Å². The van der Waals surface area contributed by atoms with E-state index in [-0.39, 0.29) is 28.9 Å². The van der Waals surface area contributed by atoms with Crippen LogP contribution in [0.1, 0.15) is 32.3 Å². The van der Waals surface area contributed by atoms with Crippen molar-refractivity contribution in [3.8, 4) is 0 Å². The summed E-state index contributed by atoms with van der Waals surface area (Å²) in [5.74, 6) is -1.12. The lowest BCUT2D eigenvalue weighted by atomic mass is 9.83. The van der Waals surface area contributed by atoms with E-state index in [1.54, 1.807) is 6.08 Å². The number of hydrogen-bond donors (Lipinski definition) is 2. The van der Waals surface area contributed by atoms with Gasteiger partial charge in [-0.2, -0.15) is 0 Å². The predicted octanol–water partition coefficient (Wildman–Crippen LogP) is 2.47. The van der Waals surface area contributed by atoms with E-state index in [9.17, 15) is 19.7 Å². The third-order valence-corrected chi connectivity index (χ3v) is 5.38. The molecule has 3 rings (SSSR count). The van der Waals surface area contributed by atoms with E-state index in [0.717, 1.165) is 21.8 Å². The van der Waals surface area contributed by atoms with Gasteiger partial charge in [0.15, 0.2) is 5.78 Å². The maximum atomic E-state index is 12.2. The number of benzene rings is 1. The Labute approximate surface area is 168 Å². The molecule has 0 amide bonds. The standard InChI is InChI=1S/C22H22N2O5/c1-22(2)17-6-3-4-7-18(17)23(13-5-8-21(26)27)20(22)12-9-15-14-16(24(28)29)10-11-19(15)25/h3-4,6-7,9-12,14H,5,8,13H2,1-2H3,(H,26,27)/p+1. The highest BCUT2D eigenvalue weighted by molar-refractivity contribution is 6.07. The van der Waals surface area contributed by atoms with Crippen LogP contribution in [0, 0.1) is 10.1 Å². The molecule has 1 aromatic rings. The smallest absolute Gasteiger partial charge is 0.303 e. The molecular formula is C22H23N2O5+. The van der Waals surface area contributed by atoms with Gasteiger partial charge in [0, 0.05) is 29.7 Å². The van der Waals surface area contributed by atoms with Gasteiger partial charge in [-0.25, -0.2) is 0 Å². The fourth-order valence-corrected chi connectivity index (χ4v) is 3.91. The first-order chi connectivity index (χ1) is 13.7. The van der Waals surface area contributed by atoms with Crippen LogP contribution in [-0.2, 0) is 15.0 Å². The SMILES string of the molecule is CC1(C)C(=CC=C2C=C([N+](=O)[O-])C=CC2=O)[NH+](CCCC(=O)O)c2ccccc21. The molecule has 1 heterocycles. The number of nitrogens with zero attached hydrogens (tertiary/aromatic N) is 1. The van der Waals surface area contributed by atoms with E-state index in [1.165, 1.54) is 18.2 Å². The summed E-state index contributed by atoms with van der Waals surface area (Å²) >= 11 is 0. The highest BCUT2D eigenvalue weighted by atomic mass is 16.6. The molecule has 1 unspecified atom stereocenters. The molecule has 2 N–H and O–H groups in total. The molecule has 0 bridgehead atoms. The van der Waals surface area contributed by atoms with Crippen LogP contribution in [-0.4, -0.2) is 28.3 Å². The number of nitro groups is 1. The number of rotatable bonds is 6. The first-order valence-corrected chi connectivity index (χ1v) is 9.40. The maximum Gasteiger partial charge on any atom is 0.303 e. The second-order valence-electron chi connectivity index (χ2n) is 7.62. The second-order valence-corrected chi connectivity index (χ2v) is 7.62. The maximum absolute atomic E-state index is 12.2. The number of allylic oxidation sites excluding steroid dienone is 7. The summed E-state index contributed by atoms with van der Waals surface area (Å²) < 4.78 is 0. The summed E-state index contributed by atoms with van der Waals surface area (Å²) in [6.45, 7) is 4.77. The van der Waals surface area contributed by atoms with Gasteiger partial charge < -0.3 is 5.11 Å². The zero-order valence-electron chi connectivity index (χ0n) is 16.3. The van der Waals surface area contributed by atoms with Gasteiger partial charge in [-0.1, -0.05) is 18.2 Å². The van der Waals surface area contributed by atoms with E-state index in [1.807, 2.05) is 24.3 Å². The quantitative estimate of drug-likeness (QED) is 0.438. The van der Waals surface area contributed by atoms with Crippen molar-refractivity contribution < 1.29 is 24.5 Å². The molecule has 150 valence electrons. The van der Waals surface area contributed by atoms with E-state index in [2.05, 4.69) is 19.9 Å². The molecule has 7 heteroatoms. The highest BCUT2D eigenvalue weighted by Gasteiger charge is 2.44. The third kappa shape index (κ3) is 4.09. The number of hydrogen-bond acceptors (Lipinski definition) is 4. The van der Waals surface area contributed by atoms with E-state index in [0.29, 0.717) is 13.0 Å². The van der Waals surface area contributed by atoms with Crippen molar-refractivity contribution in [3.05, 3.63) is 87.3 Å². The molecule has 2 aliphatic rings. The Bertz CT molecular complexity index is 998. The van der Waals surface area contributed by atoms with Gasteiger partial charge in [0.2, 0.25) is 0 Å². The molecule has 1 atom stereocenters. The molecule has 1 aromatic carbocycles. The van der Waals surface area contributed by atoms with Gasteiger partial charge in [0.1, 0.15) is 11.4 Å². The van der Waals surface area contributed by atoms with Gasteiger partial charge in [-0.05, 0) is 38.1 Å². The predicted molar refractivity (Wildman–Crippen MR) is 107 cm³/mol. The number of ketones is 1. The largest absolute Gasteiger partial charge is 0.481 e. The molecule has 0 fully saturated rings. The Morgan fingerprint density at radius 2 is 1.97 bits per heavy atom. The van der Waals surface area contributed by atoms with Crippen LogP contribution in [0.5, 0.6) is 0 Å². The Morgan fingerprint density at radius 3 is 2.66 bits per heavy atom. The fraction of sp³-hybridized carbons (Fsp3) is 0.273. The van der Waals surface area contributed by atoms with Crippen LogP contribution >= 0.6 is 0 Å². The number of fused-ring (bicyclic) bond motifs is 1. The fourth-order valence-electron chi connectivity index (χ4n) is 3.91. The average Bonchev–Trinajstić information content (AvgIpc) is 2.88. The number of quaternary nitrogens is 1. The van der Waals surface area contributed by atoms with Gasteiger partial charge in [-0.3, -0.25) is 24.6 Å². The summed E-state index contributed by atoms with van der Waals surface area (Å²) in [6, 6.07) is 8.01. The second kappa shape index (κ2) is 7.97. The summed E-state index contributed by atoms with van der Waals surface area (Å²) in [6.07, 6.45) is 7.74. The van der Waals surface area contributed by atoms with Gasteiger partial charge >= 0.3 is 5.97 Å². The number of carboxylic acids is 1. The Balaban J connectivity index is 2.00. The van der Waals surface area contributed by atoms with Crippen molar-refractivity contribution in [1.29, 1.82) is 0 Å². The Kier molecular flexibility index (Phi) is 5.61. The van der Waals surface area contributed by atoms with Crippen LogP contribution in [0.15, 0.2) is 71.6 Å². The van der Waals surface area contributed by atoms with Crippen LogP contribution < -0.4 is 4.90 Å². The molecule has 0 spiro atoms. The summed E-state index contributed by atoms with van der Waals surface area (Å²) in [4.78, 5) is 34.7. The molecule has 1 aliphatic heterocycles. The number of aliphatic carboxylic acids is 1. The zero-order valence-corrected chi connectivity index (χ0v) is 16.3. The molecule has 0 radical (unpaired) electrons. The van der Waals surface area contributed by atoms with Crippen molar-refractivity contribution in [2.45, 2.75) is 32.1 Å². The molecule has 1 aliphatic carbocycles. The number of nitrogens with one attached hydrogen (secondary N) is 1. The molecule has 0 saturated carbocycles. The van der Waals surface area contributed by atoms with Crippen LogP contribution in [0.3, 0.4) is 0 Å². The minimum atomic E-state index is -0.833. The lowest BCUT2D eigenvalue weighted by Gasteiger charge is -2.21. The highest BCUT2D eigenvalue weighted by Crippen LogP contribution is 2.38. The minimum absolute atomic E-state index is 0.0820. The van der Waals surface area contributed by atoms with Crippen molar-refractivity contribution in [3.63, 3.8) is 0 Å². The number of carbonyl (C=O) groups excluding carboxylic acids is 1.